The van der Waals surface area contributed by atoms with Gasteiger partial charge in [0.25, 0.3) is 5.91 Å². The Morgan fingerprint density at radius 2 is 1.77 bits per heavy atom. The molecule has 0 aromatic heterocycles. The second kappa shape index (κ2) is 7.46. The van der Waals surface area contributed by atoms with Gasteiger partial charge in [0.05, 0.1) is 4.90 Å². The van der Waals surface area contributed by atoms with Gasteiger partial charge in [-0.1, -0.05) is 0 Å². The van der Waals surface area contributed by atoms with Crippen molar-refractivity contribution in [2.75, 3.05) is 27.7 Å². The lowest BCUT2D eigenvalue weighted by molar-refractivity contribution is -0.117. The summed E-state index contributed by atoms with van der Waals surface area (Å²) in [5.74, 6) is -2.90. The molecule has 2 aromatic rings. The highest BCUT2D eigenvalue weighted by Crippen LogP contribution is 2.36. The number of urea groups is 1. The zero-order valence-electron chi connectivity index (χ0n) is 15.2. The minimum Gasteiger partial charge on any atom is -0.506 e. The number of carbonyl (C=O) groups is 2. The number of benzene rings is 2. The summed E-state index contributed by atoms with van der Waals surface area (Å²) in [5.41, 5.74) is -0.695. The average Bonchev–Trinajstić information content (AvgIpc) is 2.86. The van der Waals surface area contributed by atoms with Crippen LogP contribution in [-0.2, 0) is 24.8 Å². The Hall–Kier alpha value is -3.39. The van der Waals surface area contributed by atoms with Crippen molar-refractivity contribution in [2.45, 2.75) is 4.90 Å². The summed E-state index contributed by atoms with van der Waals surface area (Å²) in [4.78, 5) is 23.4. The van der Waals surface area contributed by atoms with E-state index in [4.69, 9.17) is 0 Å². The van der Waals surface area contributed by atoms with Gasteiger partial charge in [-0.25, -0.2) is 26.6 Å². The molecule has 3 rings (SSSR count). The number of aromatic hydroxyl groups is 1. The van der Waals surface area contributed by atoms with Crippen LogP contribution in [0.4, 0.5) is 26.2 Å². The fourth-order valence-electron chi connectivity index (χ4n) is 2.63. The van der Waals surface area contributed by atoms with Crippen LogP contribution in [0.5, 0.6) is 5.75 Å². The molecule has 1 saturated heterocycles. The molecule has 30 heavy (non-hydrogen) atoms. The Bertz CT molecular complexity index is 1220. The van der Waals surface area contributed by atoms with Gasteiger partial charge in [0.2, 0.25) is 0 Å². The SMILES string of the molecule is CS(=O)(=O)c1ccc(NC(=O)Nc2cc(O)c(N3CC(=O)NS3(=O)=O)c(F)c2)cc1. The molecular weight excluding hydrogens is 443 g/mol. The van der Waals surface area contributed by atoms with E-state index in [1.165, 1.54) is 24.3 Å². The molecule has 3 amide bonds. The molecule has 0 aliphatic carbocycles. The van der Waals surface area contributed by atoms with E-state index in [1.807, 2.05) is 0 Å². The number of sulfone groups is 1. The van der Waals surface area contributed by atoms with E-state index in [1.54, 1.807) is 4.72 Å². The first-order valence-electron chi connectivity index (χ1n) is 8.11. The third-order valence-corrected chi connectivity index (χ3v) is 6.42. The van der Waals surface area contributed by atoms with Crippen molar-refractivity contribution in [3.8, 4) is 5.75 Å². The smallest absolute Gasteiger partial charge is 0.326 e. The molecule has 0 unspecified atom stereocenters. The van der Waals surface area contributed by atoms with Gasteiger partial charge >= 0.3 is 16.2 Å². The minimum absolute atomic E-state index is 0.0564. The summed E-state index contributed by atoms with van der Waals surface area (Å²) in [5, 5.41) is 14.7. The predicted octanol–water partition coefficient (Wildman–Crippen LogP) is 0.760. The van der Waals surface area contributed by atoms with Gasteiger partial charge in [0.15, 0.2) is 15.7 Å². The van der Waals surface area contributed by atoms with E-state index in [0.29, 0.717) is 4.31 Å². The maximum atomic E-state index is 14.4. The van der Waals surface area contributed by atoms with Crippen molar-refractivity contribution >= 4 is 49.0 Å². The number of hydrogen-bond acceptors (Lipinski definition) is 7. The molecule has 0 bridgehead atoms. The average molecular weight is 458 g/mol. The van der Waals surface area contributed by atoms with E-state index >= 15 is 0 Å². The Labute approximate surface area is 170 Å². The highest BCUT2D eigenvalue weighted by atomic mass is 32.2. The van der Waals surface area contributed by atoms with Crippen LogP contribution < -0.4 is 19.7 Å². The van der Waals surface area contributed by atoms with E-state index in [-0.39, 0.29) is 16.3 Å². The molecule has 1 aliphatic heterocycles. The fraction of sp³-hybridized carbons (Fsp3) is 0.125. The molecule has 160 valence electrons. The van der Waals surface area contributed by atoms with Gasteiger partial charge in [0, 0.05) is 23.7 Å². The van der Waals surface area contributed by atoms with Crippen LogP contribution in [0.2, 0.25) is 0 Å². The van der Waals surface area contributed by atoms with Crippen LogP contribution in [0.15, 0.2) is 41.3 Å². The molecule has 4 N–H and O–H groups in total. The lowest BCUT2D eigenvalue weighted by Crippen LogP contribution is -2.30. The van der Waals surface area contributed by atoms with Crippen molar-refractivity contribution in [1.29, 1.82) is 0 Å². The van der Waals surface area contributed by atoms with Crippen LogP contribution in [0.25, 0.3) is 0 Å². The first kappa shape index (κ1) is 21.3. The second-order valence-corrected chi connectivity index (χ2v) is 9.85. The number of rotatable bonds is 4. The van der Waals surface area contributed by atoms with Crippen LogP contribution >= 0.6 is 0 Å². The minimum atomic E-state index is -4.33. The van der Waals surface area contributed by atoms with Gasteiger partial charge in [0.1, 0.15) is 18.0 Å². The largest absolute Gasteiger partial charge is 0.506 e. The first-order chi connectivity index (χ1) is 13.9. The van der Waals surface area contributed by atoms with Crippen molar-refractivity contribution in [2.24, 2.45) is 0 Å². The van der Waals surface area contributed by atoms with Crippen LogP contribution in [0.1, 0.15) is 0 Å². The van der Waals surface area contributed by atoms with Crippen LogP contribution in [0, 0.1) is 5.82 Å². The number of nitrogens with zero attached hydrogens (tertiary/aromatic N) is 1. The zero-order chi connectivity index (χ0) is 22.3. The lowest BCUT2D eigenvalue weighted by Gasteiger charge is -2.18. The fourth-order valence-corrected chi connectivity index (χ4v) is 4.43. The summed E-state index contributed by atoms with van der Waals surface area (Å²) in [6.07, 6.45) is 1.03. The quantitative estimate of drug-likeness (QED) is 0.526. The second-order valence-electron chi connectivity index (χ2n) is 6.24. The van der Waals surface area contributed by atoms with Gasteiger partial charge in [-0.15, -0.1) is 0 Å². The van der Waals surface area contributed by atoms with E-state index in [0.717, 1.165) is 18.4 Å². The van der Waals surface area contributed by atoms with Gasteiger partial charge in [-0.3, -0.25) is 4.79 Å². The van der Waals surface area contributed by atoms with Crippen LogP contribution in [0.3, 0.4) is 0 Å². The maximum Gasteiger partial charge on any atom is 0.326 e. The summed E-state index contributed by atoms with van der Waals surface area (Å²) >= 11 is 0. The molecule has 1 fully saturated rings. The third-order valence-electron chi connectivity index (χ3n) is 3.91. The maximum absolute atomic E-state index is 14.4. The summed E-state index contributed by atoms with van der Waals surface area (Å²) in [6, 6.07) is 6.11. The normalized spacial score (nSPS) is 15.5. The van der Waals surface area contributed by atoms with Crippen LogP contribution in [-0.4, -0.2) is 46.7 Å². The predicted molar refractivity (Wildman–Crippen MR) is 105 cm³/mol. The molecular formula is C16H15FN4O7S2. The molecule has 1 heterocycles. The van der Waals surface area contributed by atoms with Gasteiger partial charge in [-0.2, -0.15) is 8.42 Å². The molecule has 11 nitrogen and oxygen atoms in total. The number of halogens is 1. The number of phenolic OH excluding ortho intramolecular Hbond substituents is 1. The summed E-state index contributed by atoms with van der Waals surface area (Å²) in [7, 11) is -7.73. The van der Waals surface area contributed by atoms with E-state index < -0.39 is 55.8 Å². The Morgan fingerprint density at radius 3 is 2.27 bits per heavy atom. The highest BCUT2D eigenvalue weighted by molar-refractivity contribution is 7.92. The molecule has 14 heteroatoms. The van der Waals surface area contributed by atoms with E-state index in [9.17, 15) is 35.9 Å². The number of hydrogen-bond donors (Lipinski definition) is 4. The van der Waals surface area contributed by atoms with Crippen molar-refractivity contribution in [3.63, 3.8) is 0 Å². The number of nitrogens with one attached hydrogen (secondary N) is 3. The summed E-state index contributed by atoms with van der Waals surface area (Å²) in [6.45, 7) is -0.705. The van der Waals surface area contributed by atoms with Crippen molar-refractivity contribution in [3.05, 3.63) is 42.2 Å². The number of anilines is 3. The van der Waals surface area contributed by atoms with Gasteiger partial charge in [-0.05, 0) is 30.3 Å². The standard InChI is InChI=1S/C16H15FN4O7S2/c1-29(25,26)11-4-2-9(3-5-11)18-16(24)19-10-6-12(17)15(13(22)7-10)21-8-14(23)20-30(21,27)28/h2-7,22H,8H2,1H3,(H,20,23)(H2,18,19,24). The first-order valence-corrected chi connectivity index (χ1v) is 11.4. The van der Waals surface area contributed by atoms with E-state index in [2.05, 4.69) is 10.6 Å². The Balaban J connectivity index is 1.76. The molecule has 2 aromatic carbocycles. The lowest BCUT2D eigenvalue weighted by atomic mass is 10.2. The molecule has 1 aliphatic rings. The summed E-state index contributed by atoms with van der Waals surface area (Å²) < 4.78 is 63.0. The molecule has 0 radical (unpaired) electrons. The van der Waals surface area contributed by atoms with Crippen molar-refractivity contribution in [1.82, 2.24) is 4.72 Å². The Morgan fingerprint density at radius 1 is 1.17 bits per heavy atom. The molecule has 0 saturated carbocycles. The monoisotopic (exact) mass is 458 g/mol. The third kappa shape index (κ3) is 4.44. The topological polar surface area (TPSA) is 162 Å². The van der Waals surface area contributed by atoms with Crippen molar-refractivity contribution < 1.29 is 35.9 Å². The molecule has 0 atom stereocenters. The number of carbonyl (C=O) groups excluding carboxylic acids is 2. The zero-order valence-corrected chi connectivity index (χ0v) is 16.8. The highest BCUT2D eigenvalue weighted by Gasteiger charge is 2.37. The Kier molecular flexibility index (Phi) is 5.30. The number of amides is 3. The number of phenols is 1. The van der Waals surface area contributed by atoms with Gasteiger partial charge < -0.3 is 15.7 Å². The molecule has 0 spiro atoms.